The zero-order valence-electron chi connectivity index (χ0n) is 14.0. The van der Waals surface area contributed by atoms with E-state index in [0.717, 1.165) is 11.1 Å². The number of nitrogens with zero attached hydrogens (tertiary/aromatic N) is 1. The Kier molecular flexibility index (Phi) is 3.95. The Morgan fingerprint density at radius 1 is 0.963 bits per heavy atom. The van der Waals surface area contributed by atoms with E-state index in [1.807, 2.05) is 42.5 Å². The van der Waals surface area contributed by atoms with Gasteiger partial charge in [-0.1, -0.05) is 36.1 Å². The molecule has 2 aromatic rings. The van der Waals surface area contributed by atoms with Crippen molar-refractivity contribution < 1.29 is 23.7 Å². The van der Waals surface area contributed by atoms with Crippen molar-refractivity contribution in [2.75, 3.05) is 13.6 Å². The Morgan fingerprint density at radius 2 is 1.63 bits per heavy atom. The van der Waals surface area contributed by atoms with Gasteiger partial charge in [0.15, 0.2) is 23.0 Å². The van der Waals surface area contributed by atoms with Gasteiger partial charge in [-0.15, -0.1) is 0 Å². The fraction of sp³-hybridized carbons (Fsp3) is 0.158. The van der Waals surface area contributed by atoms with Crippen LogP contribution in [0.3, 0.4) is 0 Å². The van der Waals surface area contributed by atoms with Gasteiger partial charge in [-0.2, -0.15) is 0 Å². The number of thiocarbonyl (C=S) groups is 1. The molecule has 6 nitrogen and oxygen atoms in total. The smallest absolute Gasteiger partial charge is 0.266 e. The molecule has 2 aromatic carbocycles. The molecule has 1 fully saturated rings. The molecular formula is C19H13NO5S2. The van der Waals surface area contributed by atoms with Gasteiger partial charge in [0, 0.05) is 0 Å². The van der Waals surface area contributed by atoms with Crippen molar-refractivity contribution in [2.24, 2.45) is 0 Å². The molecule has 0 aliphatic carbocycles. The summed E-state index contributed by atoms with van der Waals surface area (Å²) in [6, 6.07) is 11.2. The number of thioether (sulfide) groups is 1. The second-order valence-electron chi connectivity index (χ2n) is 6.07. The zero-order valence-corrected chi connectivity index (χ0v) is 15.6. The van der Waals surface area contributed by atoms with Crippen LogP contribution in [-0.2, 0) is 11.3 Å². The zero-order chi connectivity index (χ0) is 18.4. The fourth-order valence-corrected chi connectivity index (χ4v) is 4.27. The minimum absolute atomic E-state index is 0.111. The number of amides is 1. The molecule has 0 spiro atoms. The van der Waals surface area contributed by atoms with Crippen LogP contribution in [0.25, 0.3) is 6.08 Å². The van der Waals surface area contributed by atoms with E-state index in [1.54, 1.807) is 4.90 Å². The van der Waals surface area contributed by atoms with E-state index in [-0.39, 0.29) is 19.5 Å². The highest BCUT2D eigenvalue weighted by Gasteiger charge is 2.32. The molecule has 0 unspecified atom stereocenters. The summed E-state index contributed by atoms with van der Waals surface area (Å²) in [6.45, 7) is 0.828. The molecule has 3 heterocycles. The predicted molar refractivity (Wildman–Crippen MR) is 104 cm³/mol. The van der Waals surface area contributed by atoms with Crippen LogP contribution in [0.2, 0.25) is 0 Å². The Morgan fingerprint density at radius 3 is 2.41 bits per heavy atom. The number of benzene rings is 2. The number of hydrogen-bond acceptors (Lipinski definition) is 7. The molecule has 3 aliphatic rings. The summed E-state index contributed by atoms with van der Waals surface area (Å²) in [4.78, 5) is 15.0. The molecule has 0 aromatic heterocycles. The third-order valence-corrected chi connectivity index (χ3v) is 5.72. The lowest BCUT2D eigenvalue weighted by molar-refractivity contribution is -0.122. The van der Waals surface area contributed by atoms with Gasteiger partial charge < -0.3 is 18.9 Å². The van der Waals surface area contributed by atoms with Crippen LogP contribution in [0.1, 0.15) is 11.1 Å². The number of fused-ring (bicyclic) bond motifs is 2. The predicted octanol–water partition coefficient (Wildman–Crippen LogP) is 3.55. The lowest BCUT2D eigenvalue weighted by Crippen LogP contribution is -2.27. The molecule has 0 N–H and O–H groups in total. The maximum atomic E-state index is 12.8. The van der Waals surface area contributed by atoms with Gasteiger partial charge in [0.2, 0.25) is 13.6 Å². The minimum atomic E-state index is -0.111. The Balaban J connectivity index is 1.37. The molecule has 27 heavy (non-hydrogen) atoms. The third-order valence-electron chi connectivity index (χ3n) is 4.35. The lowest BCUT2D eigenvalue weighted by Gasteiger charge is -2.14. The summed E-state index contributed by atoms with van der Waals surface area (Å²) in [5.74, 6) is 2.68. The molecule has 0 saturated carbocycles. The van der Waals surface area contributed by atoms with Crippen LogP contribution in [0.4, 0.5) is 0 Å². The first-order chi connectivity index (χ1) is 13.2. The van der Waals surface area contributed by atoms with E-state index in [1.165, 1.54) is 11.8 Å². The van der Waals surface area contributed by atoms with Crippen molar-refractivity contribution in [1.82, 2.24) is 4.90 Å². The van der Waals surface area contributed by atoms with E-state index < -0.39 is 0 Å². The van der Waals surface area contributed by atoms with Gasteiger partial charge in [0.25, 0.3) is 5.91 Å². The third kappa shape index (κ3) is 3.00. The molecule has 8 heteroatoms. The van der Waals surface area contributed by atoms with Gasteiger partial charge in [0.1, 0.15) is 4.32 Å². The van der Waals surface area contributed by atoms with Crippen molar-refractivity contribution in [2.45, 2.75) is 6.54 Å². The van der Waals surface area contributed by atoms with Gasteiger partial charge in [-0.25, -0.2) is 0 Å². The fourth-order valence-electron chi connectivity index (χ4n) is 3.01. The molecule has 136 valence electrons. The average molecular weight is 399 g/mol. The van der Waals surface area contributed by atoms with Crippen LogP contribution in [-0.4, -0.2) is 28.7 Å². The van der Waals surface area contributed by atoms with Crippen molar-refractivity contribution in [3.63, 3.8) is 0 Å². The Labute approximate surface area is 164 Å². The monoisotopic (exact) mass is 399 g/mol. The quantitative estimate of drug-likeness (QED) is 0.578. The molecule has 5 rings (SSSR count). The second-order valence-corrected chi connectivity index (χ2v) is 7.74. The topological polar surface area (TPSA) is 57.2 Å². The van der Waals surface area contributed by atoms with Crippen LogP contribution in [0, 0.1) is 0 Å². The number of carbonyl (C=O) groups excluding carboxylic acids is 1. The number of carbonyl (C=O) groups is 1. The van der Waals surface area contributed by atoms with Gasteiger partial charge in [-0.3, -0.25) is 9.69 Å². The van der Waals surface area contributed by atoms with E-state index in [4.69, 9.17) is 31.2 Å². The van der Waals surface area contributed by atoms with E-state index in [2.05, 4.69) is 0 Å². The maximum absolute atomic E-state index is 12.8. The molecule has 3 aliphatic heterocycles. The normalized spacial score (nSPS) is 18.7. The maximum Gasteiger partial charge on any atom is 0.266 e. The van der Waals surface area contributed by atoms with Crippen molar-refractivity contribution in [3.8, 4) is 23.0 Å². The molecule has 0 bridgehead atoms. The molecule has 1 amide bonds. The number of ether oxygens (including phenoxy) is 4. The van der Waals surface area contributed by atoms with Crippen molar-refractivity contribution in [3.05, 3.63) is 52.4 Å². The summed E-state index contributed by atoms with van der Waals surface area (Å²) in [5.41, 5.74) is 1.79. The van der Waals surface area contributed by atoms with Gasteiger partial charge in [-0.05, 0) is 41.5 Å². The highest BCUT2D eigenvalue weighted by Crippen LogP contribution is 2.38. The minimum Gasteiger partial charge on any atom is -0.454 e. The summed E-state index contributed by atoms with van der Waals surface area (Å²) in [6.07, 6.45) is 1.82. The first-order valence-electron chi connectivity index (χ1n) is 8.21. The van der Waals surface area contributed by atoms with E-state index >= 15 is 0 Å². The van der Waals surface area contributed by atoms with Crippen LogP contribution >= 0.6 is 24.0 Å². The standard InChI is InChI=1S/C19H13NO5S2/c21-18-17(7-11-1-3-13-15(5-11)24-9-22-13)27-19(26)20(18)8-12-2-4-14-16(6-12)25-10-23-14/h1-7H,8-10H2/b17-7-. The Bertz CT molecular complexity index is 1000. The Hall–Kier alpha value is -2.71. The summed E-state index contributed by atoms with van der Waals surface area (Å²) in [7, 11) is 0. The number of hydrogen-bond donors (Lipinski definition) is 0. The van der Waals surface area contributed by atoms with Crippen LogP contribution in [0.15, 0.2) is 41.3 Å². The molecule has 1 saturated heterocycles. The SMILES string of the molecule is O=C1/C(=C/c2ccc3c(c2)OCO3)SC(=S)N1Cc1ccc2c(c1)OCO2. The number of rotatable bonds is 3. The van der Waals surface area contributed by atoms with Crippen molar-refractivity contribution in [1.29, 1.82) is 0 Å². The highest BCUT2D eigenvalue weighted by molar-refractivity contribution is 8.26. The molecule has 0 radical (unpaired) electrons. The van der Waals surface area contributed by atoms with Gasteiger partial charge in [0.05, 0.1) is 11.4 Å². The summed E-state index contributed by atoms with van der Waals surface area (Å²) >= 11 is 6.71. The molecular weight excluding hydrogens is 386 g/mol. The second kappa shape index (κ2) is 6.47. The van der Waals surface area contributed by atoms with Crippen molar-refractivity contribution >= 4 is 40.3 Å². The summed E-state index contributed by atoms with van der Waals surface area (Å²) in [5, 5.41) is 0. The summed E-state index contributed by atoms with van der Waals surface area (Å²) < 4.78 is 21.9. The van der Waals surface area contributed by atoms with E-state index in [9.17, 15) is 4.79 Å². The lowest BCUT2D eigenvalue weighted by atomic mass is 10.1. The average Bonchev–Trinajstić information content (AvgIpc) is 3.37. The van der Waals surface area contributed by atoms with Crippen LogP contribution < -0.4 is 18.9 Å². The first-order valence-corrected chi connectivity index (χ1v) is 9.43. The molecule has 0 atom stereocenters. The van der Waals surface area contributed by atoms with Gasteiger partial charge >= 0.3 is 0 Å². The van der Waals surface area contributed by atoms with Crippen LogP contribution in [0.5, 0.6) is 23.0 Å². The van der Waals surface area contributed by atoms with E-state index in [0.29, 0.717) is 38.8 Å². The highest BCUT2D eigenvalue weighted by atomic mass is 32.2. The largest absolute Gasteiger partial charge is 0.454 e. The first kappa shape index (κ1) is 16.5.